The lowest BCUT2D eigenvalue weighted by molar-refractivity contribution is -0.122. The number of nitrogens with two attached hydrogens (primary N) is 1. The predicted octanol–water partition coefficient (Wildman–Crippen LogP) is 1.30. The van der Waals surface area contributed by atoms with Crippen LogP contribution in [0.15, 0.2) is 53.4 Å². The molecule has 2 aromatic carbocycles. The lowest BCUT2D eigenvalue weighted by Gasteiger charge is -2.23. The van der Waals surface area contributed by atoms with Crippen molar-refractivity contribution in [1.82, 2.24) is 9.62 Å². The molecule has 1 unspecified atom stereocenters. The Morgan fingerprint density at radius 3 is 2.71 bits per heavy atom. The first-order valence-corrected chi connectivity index (χ1v) is 11.3. The van der Waals surface area contributed by atoms with Gasteiger partial charge in [0.15, 0.2) is 0 Å². The Morgan fingerprint density at radius 1 is 1.19 bits per heavy atom. The Morgan fingerprint density at radius 2 is 1.97 bits per heavy atom. The number of primary amides is 1. The molecule has 2 aromatic rings. The van der Waals surface area contributed by atoms with Crippen molar-refractivity contribution in [3.8, 4) is 12.3 Å². The molecule has 0 aliphatic carbocycles. The molecule has 1 fully saturated rings. The smallest absolute Gasteiger partial charge is 0.255 e. The van der Waals surface area contributed by atoms with Gasteiger partial charge < -0.3 is 11.1 Å². The number of hydrogen-bond acceptors (Lipinski definition) is 5. The monoisotopic (exact) mass is 440 g/mol. The molecule has 2 amide bonds. The number of amides is 2. The molecular weight excluding hydrogens is 416 g/mol. The molecule has 1 aliphatic heterocycles. The number of sulfonamides is 1. The van der Waals surface area contributed by atoms with Gasteiger partial charge in [-0.25, -0.2) is 8.42 Å². The summed E-state index contributed by atoms with van der Waals surface area (Å²) >= 11 is 0. The zero-order valence-electron chi connectivity index (χ0n) is 16.9. The van der Waals surface area contributed by atoms with Gasteiger partial charge in [-0.2, -0.15) is 4.72 Å². The summed E-state index contributed by atoms with van der Waals surface area (Å²) in [6.07, 6.45) is 6.71. The highest BCUT2D eigenvalue weighted by atomic mass is 32.2. The molecule has 8 nitrogen and oxygen atoms in total. The van der Waals surface area contributed by atoms with Crippen LogP contribution in [0.1, 0.15) is 28.8 Å². The second kappa shape index (κ2) is 9.75. The number of nitrogens with one attached hydrogen (secondary N) is 2. The van der Waals surface area contributed by atoms with Crippen LogP contribution in [0.3, 0.4) is 0 Å². The minimum Gasteiger partial charge on any atom is -0.368 e. The fraction of sp³-hybridized carbons (Fsp3) is 0.273. The third kappa shape index (κ3) is 5.49. The SMILES string of the molecule is C#CCNS(=O)(=O)c1cccc(C(=O)Nc2ccccc2CN2CCCC2C(N)=O)c1. The zero-order chi connectivity index (χ0) is 22.4. The van der Waals surface area contributed by atoms with Crippen molar-refractivity contribution in [3.05, 3.63) is 59.7 Å². The molecule has 0 aromatic heterocycles. The molecular formula is C22H24N4O4S. The summed E-state index contributed by atoms with van der Waals surface area (Å²) in [5.41, 5.74) is 7.11. The third-order valence-electron chi connectivity index (χ3n) is 5.10. The van der Waals surface area contributed by atoms with E-state index >= 15 is 0 Å². The standard InChI is InChI=1S/C22H24N4O4S/c1-2-12-24-31(29,30)18-9-5-8-16(14-18)22(28)25-19-10-4-3-7-17(19)15-26-13-6-11-20(26)21(23)27/h1,3-5,7-10,14,20,24H,6,11-13,15H2,(H2,23,27)(H,25,28). The van der Waals surface area contributed by atoms with E-state index in [1.165, 1.54) is 24.3 Å². The minimum atomic E-state index is -3.81. The van der Waals surface area contributed by atoms with Gasteiger partial charge in [0.1, 0.15) is 0 Å². The van der Waals surface area contributed by atoms with Gasteiger partial charge in [-0.3, -0.25) is 14.5 Å². The number of para-hydroxylation sites is 1. The van der Waals surface area contributed by atoms with Gasteiger partial charge in [-0.1, -0.05) is 30.2 Å². The highest BCUT2D eigenvalue weighted by molar-refractivity contribution is 7.89. The topological polar surface area (TPSA) is 122 Å². The summed E-state index contributed by atoms with van der Waals surface area (Å²) < 4.78 is 26.8. The van der Waals surface area contributed by atoms with E-state index in [2.05, 4.69) is 16.0 Å². The lowest BCUT2D eigenvalue weighted by atomic mass is 10.1. The maximum atomic E-state index is 12.8. The number of hydrogen-bond donors (Lipinski definition) is 3. The van der Waals surface area contributed by atoms with Crippen molar-refractivity contribution in [3.63, 3.8) is 0 Å². The van der Waals surface area contributed by atoms with Gasteiger partial charge in [0, 0.05) is 17.8 Å². The largest absolute Gasteiger partial charge is 0.368 e. The number of anilines is 1. The van der Waals surface area contributed by atoms with Crippen LogP contribution < -0.4 is 15.8 Å². The predicted molar refractivity (Wildman–Crippen MR) is 117 cm³/mol. The molecule has 0 spiro atoms. The van der Waals surface area contributed by atoms with Gasteiger partial charge in [-0.05, 0) is 49.2 Å². The quantitative estimate of drug-likeness (QED) is 0.534. The van der Waals surface area contributed by atoms with Crippen LogP contribution in [0.2, 0.25) is 0 Å². The summed E-state index contributed by atoms with van der Waals surface area (Å²) in [6, 6.07) is 12.7. The van der Waals surface area contributed by atoms with E-state index in [1.54, 1.807) is 12.1 Å². The van der Waals surface area contributed by atoms with Crippen LogP contribution in [0.4, 0.5) is 5.69 Å². The average molecular weight is 441 g/mol. The number of nitrogens with zero attached hydrogens (tertiary/aromatic N) is 1. The van der Waals surface area contributed by atoms with Gasteiger partial charge in [0.25, 0.3) is 5.91 Å². The van der Waals surface area contributed by atoms with Crippen LogP contribution in [0.25, 0.3) is 0 Å². The van der Waals surface area contributed by atoms with Crippen molar-refractivity contribution in [2.24, 2.45) is 5.73 Å². The number of terminal acetylenes is 1. The molecule has 9 heteroatoms. The van der Waals surface area contributed by atoms with Gasteiger partial charge in [-0.15, -0.1) is 6.42 Å². The van der Waals surface area contributed by atoms with Crippen molar-refractivity contribution in [2.45, 2.75) is 30.3 Å². The van der Waals surface area contributed by atoms with E-state index in [0.29, 0.717) is 12.2 Å². The summed E-state index contributed by atoms with van der Waals surface area (Å²) in [5, 5.41) is 2.84. The summed E-state index contributed by atoms with van der Waals surface area (Å²) in [6.45, 7) is 1.07. The normalized spacial score (nSPS) is 16.5. The molecule has 0 saturated carbocycles. The number of likely N-dealkylation sites (tertiary alicyclic amines) is 1. The second-order valence-electron chi connectivity index (χ2n) is 7.20. The molecule has 0 bridgehead atoms. The number of carbonyl (C=O) groups excluding carboxylic acids is 2. The van der Waals surface area contributed by atoms with Crippen molar-refractivity contribution in [1.29, 1.82) is 0 Å². The van der Waals surface area contributed by atoms with Crippen LogP contribution in [-0.4, -0.2) is 44.3 Å². The van der Waals surface area contributed by atoms with Crippen LogP contribution in [0.5, 0.6) is 0 Å². The first-order chi connectivity index (χ1) is 14.8. The first-order valence-electron chi connectivity index (χ1n) is 9.77. The van der Waals surface area contributed by atoms with Crippen LogP contribution in [-0.2, 0) is 21.4 Å². The molecule has 4 N–H and O–H groups in total. The molecule has 1 saturated heterocycles. The Labute approximate surface area is 181 Å². The molecule has 31 heavy (non-hydrogen) atoms. The lowest BCUT2D eigenvalue weighted by Crippen LogP contribution is -2.39. The second-order valence-corrected chi connectivity index (χ2v) is 8.97. The van der Waals surface area contributed by atoms with E-state index in [-0.39, 0.29) is 29.0 Å². The first kappa shape index (κ1) is 22.5. The maximum Gasteiger partial charge on any atom is 0.255 e. The molecule has 162 valence electrons. The summed E-state index contributed by atoms with van der Waals surface area (Å²) in [4.78, 5) is 26.4. The number of rotatable bonds is 8. The molecule has 1 heterocycles. The molecule has 1 atom stereocenters. The van der Waals surface area contributed by atoms with Crippen LogP contribution in [0, 0.1) is 12.3 Å². The maximum absolute atomic E-state index is 12.8. The Kier molecular flexibility index (Phi) is 7.07. The van der Waals surface area contributed by atoms with E-state index < -0.39 is 15.9 Å². The summed E-state index contributed by atoms with van der Waals surface area (Å²) in [7, 11) is -3.81. The minimum absolute atomic E-state index is 0.0509. The number of benzene rings is 2. The Balaban J connectivity index is 1.78. The van der Waals surface area contributed by atoms with E-state index in [1.807, 2.05) is 17.0 Å². The fourth-order valence-electron chi connectivity index (χ4n) is 3.56. The van der Waals surface area contributed by atoms with Gasteiger partial charge >= 0.3 is 0 Å². The van der Waals surface area contributed by atoms with E-state index in [4.69, 9.17) is 12.2 Å². The van der Waals surface area contributed by atoms with Crippen LogP contribution >= 0.6 is 0 Å². The molecule has 1 aliphatic rings. The average Bonchev–Trinajstić information content (AvgIpc) is 3.22. The Hall–Kier alpha value is -3.19. The Bertz CT molecular complexity index is 1120. The fourth-order valence-corrected chi connectivity index (χ4v) is 4.54. The highest BCUT2D eigenvalue weighted by Crippen LogP contribution is 2.24. The van der Waals surface area contributed by atoms with Gasteiger partial charge in [0.2, 0.25) is 15.9 Å². The van der Waals surface area contributed by atoms with Crippen molar-refractivity contribution >= 4 is 27.5 Å². The van der Waals surface area contributed by atoms with E-state index in [9.17, 15) is 18.0 Å². The van der Waals surface area contributed by atoms with Crippen molar-refractivity contribution in [2.75, 3.05) is 18.4 Å². The zero-order valence-corrected chi connectivity index (χ0v) is 17.7. The summed E-state index contributed by atoms with van der Waals surface area (Å²) in [5.74, 6) is 1.41. The van der Waals surface area contributed by atoms with E-state index in [0.717, 1.165) is 24.9 Å². The van der Waals surface area contributed by atoms with Gasteiger partial charge in [0.05, 0.1) is 17.5 Å². The highest BCUT2D eigenvalue weighted by Gasteiger charge is 2.29. The molecule has 3 rings (SSSR count). The van der Waals surface area contributed by atoms with Crippen molar-refractivity contribution < 1.29 is 18.0 Å². The number of carbonyl (C=O) groups is 2. The third-order valence-corrected chi connectivity index (χ3v) is 6.50. The molecule has 0 radical (unpaired) electrons.